The average Bonchev–Trinajstić information content (AvgIpc) is 2.17. The third-order valence-corrected chi connectivity index (χ3v) is 2.66. The van der Waals surface area contributed by atoms with Crippen molar-refractivity contribution in [2.45, 2.75) is 4.33 Å². The zero-order valence-corrected chi connectivity index (χ0v) is 10.5. The van der Waals surface area contributed by atoms with Crippen LogP contribution >= 0.6 is 43.1 Å². The number of aliphatic hydroxyl groups excluding tert-OH is 1. The molecular formula is C5H12Cl3O4P. The van der Waals surface area contributed by atoms with Crippen LogP contribution in [0, 0.1) is 0 Å². The van der Waals surface area contributed by atoms with E-state index in [0.717, 1.165) is 0 Å². The third-order valence-electron chi connectivity index (χ3n) is 0.760. The fourth-order valence-corrected chi connectivity index (χ4v) is 0.377. The van der Waals surface area contributed by atoms with Gasteiger partial charge in [0.1, 0.15) is 0 Å². The summed E-state index contributed by atoms with van der Waals surface area (Å²) in [5, 5.41) is 8.25. The molecule has 4 nitrogen and oxygen atoms in total. The molecule has 0 rings (SSSR count). The summed E-state index contributed by atoms with van der Waals surface area (Å²) in [5.41, 5.74) is 0. The molecule has 0 aliphatic rings. The molecule has 0 aliphatic heterocycles. The second-order valence-electron chi connectivity index (χ2n) is 1.81. The van der Waals surface area contributed by atoms with Crippen LogP contribution in [0.5, 0.6) is 0 Å². The molecule has 0 aromatic heterocycles. The summed E-state index contributed by atoms with van der Waals surface area (Å²) in [7, 11) is 0.558. The van der Waals surface area contributed by atoms with E-state index in [9.17, 15) is 4.57 Å². The van der Waals surface area contributed by atoms with E-state index < -0.39 is 12.6 Å². The number of hydrogen-bond acceptors (Lipinski definition) is 4. The van der Waals surface area contributed by atoms with Gasteiger partial charge in [0.2, 0.25) is 0 Å². The van der Waals surface area contributed by atoms with Crippen LogP contribution in [-0.2, 0) is 13.6 Å². The van der Waals surface area contributed by atoms with E-state index in [1.165, 1.54) is 14.2 Å². The van der Waals surface area contributed by atoms with Crippen LogP contribution in [-0.4, -0.2) is 36.1 Å². The molecule has 8 heteroatoms. The minimum Gasteiger partial charge on any atom is -0.393 e. The van der Waals surface area contributed by atoms with Crippen LogP contribution in [0.4, 0.5) is 0 Å². The first kappa shape index (κ1) is 16.4. The molecule has 0 atom stereocenters. The smallest absolute Gasteiger partial charge is 0.318 e. The molecule has 0 unspecified atom stereocenters. The summed E-state index contributed by atoms with van der Waals surface area (Å²) in [5.74, 6) is 0.0482. The van der Waals surface area contributed by atoms with Crippen molar-refractivity contribution >= 4 is 43.1 Å². The van der Waals surface area contributed by atoms with E-state index in [1.807, 2.05) is 0 Å². The predicted octanol–water partition coefficient (Wildman–Crippen LogP) is 2.06. The molecule has 13 heavy (non-hydrogen) atoms. The van der Waals surface area contributed by atoms with Crippen molar-refractivity contribution in [3.63, 3.8) is 0 Å². The summed E-state index contributed by atoms with van der Waals surface area (Å²) in [6.45, 7) is -0.306. The van der Waals surface area contributed by atoms with E-state index >= 15 is 0 Å². The van der Waals surface area contributed by atoms with Crippen LogP contribution in [0.3, 0.4) is 0 Å². The Kier molecular flexibility index (Phi) is 12.0. The summed E-state index contributed by atoms with van der Waals surface area (Å²) < 4.78 is 17.2. The Balaban J connectivity index is 0. The minimum absolute atomic E-state index is 0.0482. The highest BCUT2D eigenvalue weighted by molar-refractivity contribution is 7.33. The lowest BCUT2D eigenvalue weighted by molar-refractivity contribution is 0.287. The summed E-state index contributed by atoms with van der Waals surface area (Å²) >= 11 is 15.7. The molecule has 0 aliphatic carbocycles. The predicted molar refractivity (Wildman–Crippen MR) is 55.3 cm³/mol. The summed E-state index contributed by atoms with van der Waals surface area (Å²) in [4.78, 5) is 0. The molecular weight excluding hydrogens is 261 g/mol. The first-order valence-corrected chi connectivity index (χ1v) is 5.61. The highest BCUT2D eigenvalue weighted by Crippen LogP contribution is 2.20. The van der Waals surface area contributed by atoms with E-state index in [2.05, 4.69) is 9.05 Å². The standard InChI is InChI=1S/C3H5Cl3O.C2H7O3P/c4-1-3(5,6)2-7;1-4-6(3)5-2/h7H,1-2H2;6H,1-2H3. The number of rotatable bonds is 4. The van der Waals surface area contributed by atoms with Gasteiger partial charge in [0.25, 0.3) is 0 Å². The lowest BCUT2D eigenvalue weighted by atomic mass is 10.5. The lowest BCUT2D eigenvalue weighted by Crippen LogP contribution is -2.19. The average molecular weight is 273 g/mol. The van der Waals surface area contributed by atoms with Gasteiger partial charge >= 0.3 is 8.25 Å². The molecule has 0 spiro atoms. The molecule has 0 saturated heterocycles. The van der Waals surface area contributed by atoms with E-state index in [0.29, 0.717) is 0 Å². The first-order valence-electron chi connectivity index (χ1n) is 3.10. The van der Waals surface area contributed by atoms with Crippen LogP contribution in [0.15, 0.2) is 0 Å². The highest BCUT2D eigenvalue weighted by Gasteiger charge is 2.20. The van der Waals surface area contributed by atoms with Crippen LogP contribution in [0.2, 0.25) is 0 Å². The molecule has 0 saturated carbocycles. The maximum absolute atomic E-state index is 9.92. The van der Waals surface area contributed by atoms with Crippen molar-refractivity contribution in [3.05, 3.63) is 0 Å². The number of aliphatic hydroxyl groups is 1. The van der Waals surface area contributed by atoms with E-state index in [4.69, 9.17) is 39.9 Å². The monoisotopic (exact) mass is 272 g/mol. The van der Waals surface area contributed by atoms with Gasteiger partial charge < -0.3 is 14.2 Å². The lowest BCUT2D eigenvalue weighted by Gasteiger charge is -2.09. The highest BCUT2D eigenvalue weighted by atomic mass is 35.5. The molecule has 0 bridgehead atoms. The number of hydrogen-bond donors (Lipinski definition) is 1. The van der Waals surface area contributed by atoms with Gasteiger partial charge in [-0.25, -0.2) is 0 Å². The summed E-state index contributed by atoms with van der Waals surface area (Å²) in [6.07, 6.45) is 0. The Morgan fingerprint density at radius 3 is 1.77 bits per heavy atom. The van der Waals surface area contributed by atoms with Gasteiger partial charge in [-0.3, -0.25) is 4.57 Å². The molecule has 0 amide bonds. The molecule has 0 radical (unpaired) electrons. The first-order chi connectivity index (χ1) is 5.93. The Labute approximate surface area is 93.0 Å². The van der Waals surface area contributed by atoms with Gasteiger partial charge in [0.15, 0.2) is 4.33 Å². The van der Waals surface area contributed by atoms with Crippen molar-refractivity contribution in [2.75, 3.05) is 26.7 Å². The Hall–Kier alpha value is 0.980. The van der Waals surface area contributed by atoms with Gasteiger partial charge in [-0.2, -0.15) is 0 Å². The Bertz CT molecular complexity index is 132. The van der Waals surface area contributed by atoms with Gasteiger partial charge in [-0.05, 0) is 0 Å². The molecule has 0 aromatic carbocycles. The molecule has 1 N–H and O–H groups in total. The quantitative estimate of drug-likeness (QED) is 0.629. The zero-order valence-electron chi connectivity index (χ0n) is 7.22. The van der Waals surface area contributed by atoms with Gasteiger partial charge in [-0.15, -0.1) is 11.6 Å². The third kappa shape index (κ3) is 13.0. The largest absolute Gasteiger partial charge is 0.393 e. The molecule has 0 fully saturated rings. The zero-order chi connectivity index (χ0) is 10.9. The van der Waals surface area contributed by atoms with Crippen molar-refractivity contribution in [1.29, 1.82) is 0 Å². The topological polar surface area (TPSA) is 55.8 Å². The van der Waals surface area contributed by atoms with Crippen LogP contribution in [0.25, 0.3) is 0 Å². The molecule has 0 heterocycles. The molecule has 0 aromatic rings. The number of halogens is 3. The van der Waals surface area contributed by atoms with Crippen molar-refractivity contribution in [2.24, 2.45) is 0 Å². The maximum atomic E-state index is 9.92. The second kappa shape index (κ2) is 9.53. The fraction of sp³-hybridized carbons (Fsp3) is 1.00. The Morgan fingerprint density at radius 1 is 1.38 bits per heavy atom. The SMILES string of the molecule is CO[PH](=O)OC.OCC(Cl)(Cl)CCl. The van der Waals surface area contributed by atoms with Crippen LogP contribution in [0.1, 0.15) is 0 Å². The Morgan fingerprint density at radius 2 is 1.77 bits per heavy atom. The van der Waals surface area contributed by atoms with Crippen molar-refractivity contribution < 1.29 is 18.7 Å². The normalized spacial score (nSPS) is 11.0. The maximum Gasteiger partial charge on any atom is 0.318 e. The van der Waals surface area contributed by atoms with Crippen LogP contribution < -0.4 is 0 Å². The van der Waals surface area contributed by atoms with Crippen molar-refractivity contribution in [1.82, 2.24) is 0 Å². The van der Waals surface area contributed by atoms with Gasteiger partial charge in [-0.1, -0.05) is 23.2 Å². The summed E-state index contributed by atoms with van der Waals surface area (Å²) in [6, 6.07) is 0. The van der Waals surface area contributed by atoms with E-state index in [1.54, 1.807) is 0 Å². The second-order valence-corrected chi connectivity index (χ2v) is 5.03. The fourth-order valence-electron chi connectivity index (χ4n) is 0.126. The molecule has 82 valence electrons. The van der Waals surface area contributed by atoms with Gasteiger partial charge in [0.05, 0.1) is 12.5 Å². The van der Waals surface area contributed by atoms with Gasteiger partial charge in [0, 0.05) is 14.2 Å². The van der Waals surface area contributed by atoms with Crippen molar-refractivity contribution in [3.8, 4) is 0 Å². The van der Waals surface area contributed by atoms with E-state index in [-0.39, 0.29) is 12.5 Å². The minimum atomic E-state index is -2.12. The number of alkyl halides is 3.